The summed E-state index contributed by atoms with van der Waals surface area (Å²) in [7, 11) is 0. The maximum atomic E-state index is 12.0. The third kappa shape index (κ3) is 8.77. The van der Waals surface area contributed by atoms with E-state index in [1.54, 1.807) is 0 Å². The van der Waals surface area contributed by atoms with Gasteiger partial charge >= 0.3 is 0 Å². The Balaban J connectivity index is 1.59. The highest BCUT2D eigenvalue weighted by atomic mass is 32.2. The van der Waals surface area contributed by atoms with Crippen molar-refractivity contribution in [3.05, 3.63) is 29.8 Å². The largest absolute Gasteiger partial charge is 0.374 e. The molecule has 0 radical (unpaired) electrons. The van der Waals surface area contributed by atoms with Crippen molar-refractivity contribution in [2.45, 2.75) is 26.9 Å². The zero-order valence-electron chi connectivity index (χ0n) is 16.5. The van der Waals surface area contributed by atoms with Crippen molar-refractivity contribution in [3.8, 4) is 0 Å². The fraction of sp³-hybridized carbons (Fsp3) is 0.600. The molecule has 2 N–H and O–H groups in total. The van der Waals surface area contributed by atoms with E-state index < -0.39 is 0 Å². The number of aryl methyl sites for hydroxylation is 1. The van der Waals surface area contributed by atoms with Gasteiger partial charge in [-0.3, -0.25) is 14.5 Å². The number of amides is 2. The van der Waals surface area contributed by atoms with Crippen LogP contribution in [0.5, 0.6) is 0 Å². The smallest absolute Gasteiger partial charge is 0.234 e. The van der Waals surface area contributed by atoms with Crippen LogP contribution in [0.15, 0.2) is 24.3 Å². The lowest BCUT2D eigenvalue weighted by Gasteiger charge is -2.33. The van der Waals surface area contributed by atoms with Gasteiger partial charge in [0.25, 0.3) is 0 Å². The van der Waals surface area contributed by atoms with E-state index in [0.717, 1.165) is 30.9 Å². The van der Waals surface area contributed by atoms with Crippen LogP contribution >= 0.6 is 11.8 Å². The fourth-order valence-electron chi connectivity index (χ4n) is 2.94. The Morgan fingerprint density at radius 3 is 2.63 bits per heavy atom. The average molecular weight is 394 g/mol. The molecule has 1 aliphatic rings. The number of thioether (sulfide) groups is 1. The van der Waals surface area contributed by atoms with E-state index >= 15 is 0 Å². The van der Waals surface area contributed by atoms with Gasteiger partial charge in [0.2, 0.25) is 11.8 Å². The monoisotopic (exact) mass is 393 g/mol. The molecule has 27 heavy (non-hydrogen) atoms. The molecular formula is C20H31N3O3S. The van der Waals surface area contributed by atoms with Crippen molar-refractivity contribution in [2.75, 3.05) is 49.6 Å². The van der Waals surface area contributed by atoms with Crippen molar-refractivity contribution in [3.63, 3.8) is 0 Å². The number of hydrogen-bond donors (Lipinski definition) is 2. The minimum Gasteiger partial charge on any atom is -0.374 e. The Kier molecular flexibility index (Phi) is 9.10. The number of rotatable bonds is 9. The summed E-state index contributed by atoms with van der Waals surface area (Å²) in [6.45, 7) is 10.5. The Bertz CT molecular complexity index is 607. The molecule has 1 fully saturated rings. The summed E-state index contributed by atoms with van der Waals surface area (Å²) < 4.78 is 5.73. The summed E-state index contributed by atoms with van der Waals surface area (Å²) in [5.41, 5.74) is 1.92. The second-order valence-electron chi connectivity index (χ2n) is 7.36. The molecule has 6 nitrogen and oxygen atoms in total. The lowest BCUT2D eigenvalue weighted by Crippen LogP contribution is -2.48. The van der Waals surface area contributed by atoms with Crippen LogP contribution in [-0.4, -0.2) is 67.1 Å². The molecule has 1 atom stereocenters. The van der Waals surface area contributed by atoms with Crippen LogP contribution in [0.2, 0.25) is 0 Å². The van der Waals surface area contributed by atoms with Crippen LogP contribution in [0, 0.1) is 12.8 Å². The normalized spacial score (nSPS) is 17.7. The molecular weight excluding hydrogens is 362 g/mol. The van der Waals surface area contributed by atoms with Gasteiger partial charge < -0.3 is 15.4 Å². The number of ether oxygens (including phenoxy) is 1. The first-order valence-electron chi connectivity index (χ1n) is 9.47. The zero-order valence-corrected chi connectivity index (χ0v) is 17.3. The van der Waals surface area contributed by atoms with Gasteiger partial charge in [-0.15, -0.1) is 11.8 Å². The average Bonchev–Trinajstić information content (AvgIpc) is 2.62. The Morgan fingerprint density at radius 2 is 1.93 bits per heavy atom. The molecule has 1 aromatic rings. The second kappa shape index (κ2) is 11.3. The summed E-state index contributed by atoms with van der Waals surface area (Å²) in [6, 6.07) is 7.65. The molecule has 0 aromatic heterocycles. The predicted octanol–water partition coefficient (Wildman–Crippen LogP) is 2.14. The van der Waals surface area contributed by atoms with Gasteiger partial charge in [-0.2, -0.15) is 0 Å². The lowest BCUT2D eigenvalue weighted by atomic mass is 10.2. The van der Waals surface area contributed by atoms with Crippen molar-refractivity contribution >= 4 is 29.3 Å². The molecule has 0 saturated carbocycles. The SMILES string of the molecule is Cc1ccc(NC(=O)CSCC(=O)NCC2CN(CC(C)C)CCO2)cc1. The maximum Gasteiger partial charge on any atom is 0.234 e. The molecule has 1 aliphatic heterocycles. The molecule has 1 saturated heterocycles. The summed E-state index contributed by atoms with van der Waals surface area (Å²) in [4.78, 5) is 26.3. The third-order valence-electron chi connectivity index (χ3n) is 4.17. The second-order valence-corrected chi connectivity index (χ2v) is 8.34. The molecule has 2 amide bonds. The number of benzene rings is 1. The maximum absolute atomic E-state index is 12.0. The summed E-state index contributed by atoms with van der Waals surface area (Å²) in [5, 5.41) is 5.74. The van der Waals surface area contributed by atoms with Crippen LogP contribution in [0.3, 0.4) is 0 Å². The molecule has 150 valence electrons. The minimum atomic E-state index is -0.100. The Hall–Kier alpha value is -1.57. The van der Waals surface area contributed by atoms with E-state index in [1.165, 1.54) is 11.8 Å². The van der Waals surface area contributed by atoms with Crippen LogP contribution in [-0.2, 0) is 14.3 Å². The van der Waals surface area contributed by atoms with Gasteiger partial charge in [-0.25, -0.2) is 0 Å². The molecule has 1 heterocycles. The first kappa shape index (κ1) is 21.7. The van der Waals surface area contributed by atoms with Gasteiger partial charge in [0, 0.05) is 31.9 Å². The molecule has 0 bridgehead atoms. The standard InChI is InChI=1S/C20H31N3O3S/c1-15(2)11-23-8-9-26-18(12-23)10-21-19(24)13-27-14-20(25)22-17-6-4-16(3)5-7-17/h4-7,15,18H,8-14H2,1-3H3,(H,21,24)(H,22,25). The summed E-state index contributed by atoms with van der Waals surface area (Å²) in [5.74, 6) is 0.984. The minimum absolute atomic E-state index is 0.0382. The third-order valence-corrected chi connectivity index (χ3v) is 5.11. The molecule has 0 aliphatic carbocycles. The van der Waals surface area contributed by atoms with E-state index in [9.17, 15) is 9.59 Å². The quantitative estimate of drug-likeness (QED) is 0.673. The van der Waals surface area contributed by atoms with E-state index in [0.29, 0.717) is 19.1 Å². The Labute approximate surface area is 166 Å². The van der Waals surface area contributed by atoms with Gasteiger partial charge in [-0.05, 0) is 25.0 Å². The number of hydrogen-bond acceptors (Lipinski definition) is 5. The fourth-order valence-corrected chi connectivity index (χ4v) is 3.58. The van der Waals surface area contributed by atoms with Crippen LogP contribution in [0.4, 0.5) is 5.69 Å². The lowest BCUT2D eigenvalue weighted by molar-refractivity contribution is -0.119. The summed E-state index contributed by atoms with van der Waals surface area (Å²) in [6.07, 6.45) is 0.0382. The molecule has 7 heteroatoms. The first-order valence-corrected chi connectivity index (χ1v) is 10.6. The topological polar surface area (TPSA) is 70.7 Å². The first-order chi connectivity index (χ1) is 12.9. The van der Waals surface area contributed by atoms with Crippen LogP contribution in [0.25, 0.3) is 0 Å². The molecule has 2 rings (SSSR count). The Morgan fingerprint density at radius 1 is 1.22 bits per heavy atom. The van der Waals surface area contributed by atoms with E-state index in [2.05, 4.69) is 29.4 Å². The van der Waals surface area contributed by atoms with E-state index in [-0.39, 0.29) is 29.4 Å². The molecule has 0 spiro atoms. The highest BCUT2D eigenvalue weighted by Crippen LogP contribution is 2.10. The number of morpholine rings is 1. The summed E-state index contributed by atoms with van der Waals surface area (Å²) >= 11 is 1.31. The van der Waals surface area contributed by atoms with Crippen molar-refractivity contribution < 1.29 is 14.3 Å². The van der Waals surface area contributed by atoms with E-state index in [1.807, 2.05) is 31.2 Å². The van der Waals surface area contributed by atoms with Crippen molar-refractivity contribution in [2.24, 2.45) is 5.92 Å². The van der Waals surface area contributed by atoms with Gasteiger partial charge in [-0.1, -0.05) is 31.5 Å². The predicted molar refractivity (Wildman–Crippen MR) is 111 cm³/mol. The van der Waals surface area contributed by atoms with Gasteiger partial charge in [0.15, 0.2) is 0 Å². The highest BCUT2D eigenvalue weighted by Gasteiger charge is 2.21. The van der Waals surface area contributed by atoms with Gasteiger partial charge in [0.05, 0.1) is 24.2 Å². The van der Waals surface area contributed by atoms with Crippen LogP contribution < -0.4 is 10.6 Å². The van der Waals surface area contributed by atoms with E-state index in [4.69, 9.17) is 4.74 Å². The van der Waals surface area contributed by atoms with Crippen LogP contribution in [0.1, 0.15) is 19.4 Å². The number of carbonyl (C=O) groups is 2. The van der Waals surface area contributed by atoms with Gasteiger partial charge in [0.1, 0.15) is 0 Å². The van der Waals surface area contributed by atoms with Crippen molar-refractivity contribution in [1.29, 1.82) is 0 Å². The number of carbonyl (C=O) groups excluding carboxylic acids is 2. The van der Waals surface area contributed by atoms with Crippen molar-refractivity contribution in [1.82, 2.24) is 10.2 Å². The molecule has 1 unspecified atom stereocenters. The zero-order chi connectivity index (χ0) is 19.6. The number of anilines is 1. The number of nitrogens with zero attached hydrogens (tertiary/aromatic N) is 1. The number of nitrogens with one attached hydrogen (secondary N) is 2. The highest BCUT2D eigenvalue weighted by molar-refractivity contribution is 8.00. The molecule has 1 aromatic carbocycles.